The van der Waals surface area contributed by atoms with Gasteiger partial charge >= 0.3 is 0 Å². The van der Waals surface area contributed by atoms with E-state index in [9.17, 15) is 5.11 Å². The third-order valence-electron chi connectivity index (χ3n) is 5.26. The molecule has 33 heavy (non-hydrogen) atoms. The molecule has 0 amide bonds. The molecule has 0 spiro atoms. The molecule has 0 aliphatic rings. The molecule has 0 saturated heterocycles. The molecule has 164 valence electrons. The number of aliphatic hydroxyl groups is 1. The van der Waals surface area contributed by atoms with Gasteiger partial charge < -0.3 is 10.4 Å². The van der Waals surface area contributed by atoms with Crippen LogP contribution in [0, 0.1) is 13.8 Å². The number of nitrogens with zero attached hydrogens (tertiary/aromatic N) is 7. The van der Waals surface area contributed by atoms with Gasteiger partial charge in [-0.1, -0.05) is 6.07 Å². The normalized spacial score (nSPS) is 11.1. The number of hydrogen-bond donors (Lipinski definition) is 2. The number of anilines is 2. The summed E-state index contributed by atoms with van der Waals surface area (Å²) in [6.07, 6.45) is 3.96. The van der Waals surface area contributed by atoms with E-state index >= 15 is 0 Å². The second-order valence-electron chi connectivity index (χ2n) is 7.74. The predicted octanol–water partition coefficient (Wildman–Crippen LogP) is 3.56. The molecular weight excluding hydrogens is 416 g/mol. The molecule has 0 unspecified atom stereocenters. The van der Waals surface area contributed by atoms with Crippen molar-refractivity contribution < 1.29 is 5.11 Å². The van der Waals surface area contributed by atoms with E-state index < -0.39 is 0 Å². The minimum absolute atomic E-state index is 0.0423. The van der Waals surface area contributed by atoms with Crippen molar-refractivity contribution in [3.8, 4) is 17.1 Å². The SMILES string of the molecule is Cc1cc(-c2nc(-n3cnc4cc(Nc5ccc(C)nn5)ccc43)ccc2CCO)cnn1. The van der Waals surface area contributed by atoms with Crippen LogP contribution in [0.1, 0.15) is 17.0 Å². The van der Waals surface area contributed by atoms with Crippen molar-refractivity contribution in [1.82, 2.24) is 34.9 Å². The fourth-order valence-electron chi connectivity index (χ4n) is 3.67. The van der Waals surface area contributed by atoms with Gasteiger partial charge in [-0.05, 0) is 68.3 Å². The zero-order valence-corrected chi connectivity index (χ0v) is 18.3. The second-order valence-corrected chi connectivity index (χ2v) is 7.74. The molecule has 5 rings (SSSR count). The van der Waals surface area contributed by atoms with Gasteiger partial charge in [0.15, 0.2) is 5.82 Å². The van der Waals surface area contributed by atoms with Gasteiger partial charge in [0.2, 0.25) is 0 Å². The van der Waals surface area contributed by atoms with Gasteiger partial charge in [-0.25, -0.2) is 9.97 Å². The largest absolute Gasteiger partial charge is 0.396 e. The summed E-state index contributed by atoms with van der Waals surface area (Å²) in [5.74, 6) is 1.40. The summed E-state index contributed by atoms with van der Waals surface area (Å²) in [5, 5.41) is 29.1. The third kappa shape index (κ3) is 4.26. The van der Waals surface area contributed by atoms with Crippen molar-refractivity contribution >= 4 is 22.5 Å². The van der Waals surface area contributed by atoms with Gasteiger partial charge in [-0.15, -0.1) is 5.10 Å². The van der Waals surface area contributed by atoms with Crippen LogP contribution in [0.3, 0.4) is 0 Å². The van der Waals surface area contributed by atoms with Crippen molar-refractivity contribution in [3.05, 3.63) is 78.0 Å². The summed E-state index contributed by atoms with van der Waals surface area (Å²) in [4.78, 5) is 9.48. The van der Waals surface area contributed by atoms with Crippen molar-refractivity contribution in [1.29, 1.82) is 0 Å². The Labute approximate surface area is 190 Å². The molecule has 0 fully saturated rings. The van der Waals surface area contributed by atoms with Gasteiger partial charge in [-0.2, -0.15) is 15.3 Å². The van der Waals surface area contributed by atoms with Crippen LogP contribution in [0.25, 0.3) is 28.1 Å². The first-order valence-corrected chi connectivity index (χ1v) is 10.6. The highest BCUT2D eigenvalue weighted by Crippen LogP contribution is 2.26. The van der Waals surface area contributed by atoms with Gasteiger partial charge in [0.1, 0.15) is 12.1 Å². The summed E-state index contributed by atoms with van der Waals surface area (Å²) in [6.45, 7) is 3.83. The number of rotatable bonds is 6. The van der Waals surface area contributed by atoms with Crippen LogP contribution >= 0.6 is 0 Å². The quantitative estimate of drug-likeness (QED) is 0.414. The molecule has 0 saturated carbocycles. The lowest BCUT2D eigenvalue weighted by molar-refractivity contribution is 0.299. The summed E-state index contributed by atoms with van der Waals surface area (Å²) >= 11 is 0. The lowest BCUT2D eigenvalue weighted by Crippen LogP contribution is -2.03. The van der Waals surface area contributed by atoms with Gasteiger partial charge in [-0.3, -0.25) is 4.57 Å². The minimum Gasteiger partial charge on any atom is -0.396 e. The number of hydrogen-bond acceptors (Lipinski definition) is 8. The molecule has 0 bridgehead atoms. The number of pyridine rings is 1. The first kappa shape index (κ1) is 20.7. The van der Waals surface area contributed by atoms with Crippen LogP contribution in [-0.2, 0) is 6.42 Å². The second kappa shape index (κ2) is 8.71. The monoisotopic (exact) mass is 438 g/mol. The summed E-state index contributed by atoms with van der Waals surface area (Å²) < 4.78 is 1.94. The van der Waals surface area contributed by atoms with E-state index in [4.69, 9.17) is 4.98 Å². The van der Waals surface area contributed by atoms with E-state index in [1.807, 2.05) is 66.9 Å². The van der Waals surface area contributed by atoms with Gasteiger partial charge in [0, 0.05) is 17.9 Å². The smallest absolute Gasteiger partial charge is 0.153 e. The third-order valence-corrected chi connectivity index (χ3v) is 5.26. The number of aromatic nitrogens is 7. The predicted molar refractivity (Wildman–Crippen MR) is 125 cm³/mol. The number of nitrogens with one attached hydrogen (secondary N) is 1. The van der Waals surface area contributed by atoms with Crippen LogP contribution in [0.15, 0.2) is 61.1 Å². The molecule has 0 aliphatic heterocycles. The Hall–Kier alpha value is -4.24. The molecule has 1 aromatic carbocycles. The topological polar surface area (TPSA) is 115 Å². The Bertz CT molecular complexity index is 1430. The molecule has 9 nitrogen and oxygen atoms in total. The average molecular weight is 438 g/mol. The molecule has 5 aromatic rings. The summed E-state index contributed by atoms with van der Waals surface area (Å²) in [5.41, 5.74) is 6.88. The van der Waals surface area contributed by atoms with E-state index in [1.54, 1.807) is 12.5 Å². The first-order chi connectivity index (χ1) is 16.1. The van der Waals surface area contributed by atoms with Crippen molar-refractivity contribution in [3.63, 3.8) is 0 Å². The fourth-order valence-corrected chi connectivity index (χ4v) is 3.67. The Morgan fingerprint density at radius 3 is 2.64 bits per heavy atom. The van der Waals surface area contributed by atoms with Crippen LogP contribution < -0.4 is 5.32 Å². The van der Waals surface area contributed by atoms with Crippen LogP contribution in [0.2, 0.25) is 0 Å². The molecular formula is C24H22N8O. The molecule has 9 heteroatoms. The highest BCUT2D eigenvalue weighted by molar-refractivity contribution is 5.82. The summed E-state index contributed by atoms with van der Waals surface area (Å²) in [7, 11) is 0. The maximum absolute atomic E-state index is 9.50. The molecule has 0 aliphatic carbocycles. The van der Waals surface area contributed by atoms with Crippen molar-refractivity contribution in [2.75, 3.05) is 11.9 Å². The minimum atomic E-state index is 0.0423. The highest BCUT2D eigenvalue weighted by Gasteiger charge is 2.13. The molecule has 4 heterocycles. The Kier molecular flexibility index (Phi) is 5.45. The molecule has 4 aromatic heterocycles. The maximum Gasteiger partial charge on any atom is 0.153 e. The van der Waals surface area contributed by atoms with Crippen LogP contribution in [0.4, 0.5) is 11.5 Å². The Morgan fingerprint density at radius 1 is 0.939 bits per heavy atom. The maximum atomic E-state index is 9.50. The molecule has 0 radical (unpaired) electrons. The zero-order chi connectivity index (χ0) is 22.8. The number of fused-ring (bicyclic) bond motifs is 1. The average Bonchev–Trinajstić information content (AvgIpc) is 3.24. The van der Waals surface area contributed by atoms with E-state index in [1.165, 1.54) is 0 Å². The van der Waals surface area contributed by atoms with E-state index in [0.29, 0.717) is 12.2 Å². The van der Waals surface area contributed by atoms with Crippen LogP contribution in [0.5, 0.6) is 0 Å². The zero-order valence-electron chi connectivity index (χ0n) is 18.3. The standard InChI is InChI=1S/C24H22N8O/c1-15-3-7-22(31-30-15)27-19-5-6-21-20(12-19)25-14-32(21)23-8-4-17(9-10-33)24(28-23)18-11-16(2)29-26-13-18/h3-8,11-14,33H,9-10H2,1-2H3,(H,27,31). The highest BCUT2D eigenvalue weighted by atomic mass is 16.2. The lowest BCUT2D eigenvalue weighted by Gasteiger charge is -2.12. The Morgan fingerprint density at radius 2 is 1.85 bits per heavy atom. The van der Waals surface area contributed by atoms with Gasteiger partial charge in [0.25, 0.3) is 0 Å². The molecule has 0 atom stereocenters. The molecule has 2 N–H and O–H groups in total. The number of benzene rings is 1. The number of aryl methyl sites for hydroxylation is 2. The fraction of sp³-hybridized carbons (Fsp3) is 0.167. The first-order valence-electron chi connectivity index (χ1n) is 10.6. The van der Waals surface area contributed by atoms with E-state index in [0.717, 1.165) is 50.7 Å². The van der Waals surface area contributed by atoms with E-state index in [2.05, 4.69) is 30.7 Å². The number of aliphatic hydroxyl groups excluding tert-OH is 1. The van der Waals surface area contributed by atoms with Crippen molar-refractivity contribution in [2.45, 2.75) is 20.3 Å². The van der Waals surface area contributed by atoms with Crippen LogP contribution in [-0.4, -0.2) is 46.6 Å². The van der Waals surface area contributed by atoms with E-state index in [-0.39, 0.29) is 6.61 Å². The Balaban J connectivity index is 1.52. The number of imidazole rings is 1. The lowest BCUT2D eigenvalue weighted by atomic mass is 10.0. The summed E-state index contributed by atoms with van der Waals surface area (Å²) in [6, 6.07) is 15.6. The van der Waals surface area contributed by atoms with Crippen molar-refractivity contribution in [2.24, 2.45) is 0 Å². The van der Waals surface area contributed by atoms with Gasteiger partial charge in [0.05, 0.1) is 34.3 Å².